The first-order chi connectivity index (χ1) is 10.2. The maximum atomic E-state index is 12.4. The van der Waals surface area contributed by atoms with Gasteiger partial charge in [0, 0.05) is 6.04 Å². The molecular formula is C17H22N2OS2. The van der Waals surface area contributed by atoms with E-state index in [0.29, 0.717) is 10.6 Å². The first-order valence-electron chi connectivity index (χ1n) is 7.23. The van der Waals surface area contributed by atoms with Crippen LogP contribution in [-0.2, 0) is 4.79 Å². The molecule has 1 aromatic rings. The maximum Gasteiger partial charge on any atom is 0.233 e. The van der Waals surface area contributed by atoms with Gasteiger partial charge in [-0.25, -0.2) is 0 Å². The smallest absolute Gasteiger partial charge is 0.233 e. The van der Waals surface area contributed by atoms with Crippen LogP contribution in [0.25, 0.3) is 0 Å². The number of nitrogens with one attached hydrogen (secondary N) is 1. The van der Waals surface area contributed by atoms with E-state index >= 15 is 0 Å². The van der Waals surface area contributed by atoms with Gasteiger partial charge in [-0.05, 0) is 39.7 Å². The van der Waals surface area contributed by atoms with Crippen molar-refractivity contribution in [3.63, 3.8) is 0 Å². The molecule has 1 unspecified atom stereocenters. The van der Waals surface area contributed by atoms with Gasteiger partial charge in [0.2, 0.25) is 5.91 Å². The minimum absolute atomic E-state index is 0.0612. The summed E-state index contributed by atoms with van der Waals surface area (Å²) in [4.78, 5) is 12.4. The van der Waals surface area contributed by atoms with Gasteiger partial charge in [0.1, 0.15) is 0 Å². The number of benzene rings is 1. The molecule has 1 aromatic carbocycles. The number of thioether (sulfide) groups is 1. The van der Waals surface area contributed by atoms with Gasteiger partial charge in [-0.3, -0.25) is 4.79 Å². The van der Waals surface area contributed by atoms with Crippen LogP contribution in [-0.4, -0.2) is 21.4 Å². The van der Waals surface area contributed by atoms with Gasteiger partial charge in [0.05, 0.1) is 20.9 Å². The van der Waals surface area contributed by atoms with Crippen LogP contribution in [0.2, 0.25) is 0 Å². The lowest BCUT2D eigenvalue weighted by Crippen LogP contribution is -2.39. The normalized spacial score (nSPS) is 12.5. The van der Waals surface area contributed by atoms with Crippen molar-refractivity contribution in [1.82, 2.24) is 5.32 Å². The number of carbonyl (C=O) groups is 1. The minimum Gasteiger partial charge on any atom is -0.353 e. The van der Waals surface area contributed by atoms with Crippen LogP contribution in [0.4, 0.5) is 0 Å². The Morgan fingerprint density at radius 2 is 1.95 bits per heavy atom. The summed E-state index contributed by atoms with van der Waals surface area (Å²) < 4.78 is 0.679. The van der Waals surface area contributed by atoms with Crippen LogP contribution in [0.3, 0.4) is 0 Å². The summed E-state index contributed by atoms with van der Waals surface area (Å²) in [5, 5.41) is 11.8. The van der Waals surface area contributed by atoms with Crippen LogP contribution in [0.1, 0.15) is 39.7 Å². The monoisotopic (exact) mass is 334 g/mol. The van der Waals surface area contributed by atoms with E-state index in [9.17, 15) is 10.1 Å². The molecule has 0 aliphatic heterocycles. The van der Waals surface area contributed by atoms with Crippen LogP contribution < -0.4 is 5.32 Å². The molecule has 0 heterocycles. The SMILES string of the molecule is CC(C)NC(=O)C(CC(C)(C)C#N)SC(=S)c1ccccc1. The van der Waals surface area contributed by atoms with Crippen molar-refractivity contribution in [1.29, 1.82) is 5.26 Å². The third kappa shape index (κ3) is 6.17. The van der Waals surface area contributed by atoms with Crippen molar-refractivity contribution < 1.29 is 4.79 Å². The van der Waals surface area contributed by atoms with Crippen molar-refractivity contribution in [3.05, 3.63) is 35.9 Å². The quantitative estimate of drug-likeness (QED) is 0.801. The topological polar surface area (TPSA) is 52.9 Å². The number of nitriles is 1. The highest BCUT2D eigenvalue weighted by atomic mass is 32.2. The van der Waals surface area contributed by atoms with Gasteiger partial charge in [-0.15, -0.1) is 11.8 Å². The van der Waals surface area contributed by atoms with Crippen molar-refractivity contribution in [2.75, 3.05) is 0 Å². The average Bonchev–Trinajstić information content (AvgIpc) is 2.46. The van der Waals surface area contributed by atoms with E-state index in [0.717, 1.165) is 5.56 Å². The Balaban J connectivity index is 2.88. The maximum absolute atomic E-state index is 12.4. The van der Waals surface area contributed by atoms with E-state index in [4.69, 9.17) is 12.2 Å². The van der Waals surface area contributed by atoms with Gasteiger partial charge in [-0.2, -0.15) is 5.26 Å². The first-order valence-corrected chi connectivity index (χ1v) is 8.51. The van der Waals surface area contributed by atoms with Gasteiger partial charge in [0.25, 0.3) is 0 Å². The molecule has 0 aromatic heterocycles. The van der Waals surface area contributed by atoms with Crippen molar-refractivity contribution in [2.45, 2.75) is 45.4 Å². The predicted molar refractivity (Wildman–Crippen MR) is 96.8 cm³/mol. The molecule has 1 rings (SSSR count). The lowest BCUT2D eigenvalue weighted by Gasteiger charge is -2.24. The van der Waals surface area contributed by atoms with Crippen LogP contribution in [0, 0.1) is 16.7 Å². The molecule has 22 heavy (non-hydrogen) atoms. The molecule has 1 atom stereocenters. The fourth-order valence-electron chi connectivity index (χ4n) is 1.85. The number of rotatable bonds is 6. The summed E-state index contributed by atoms with van der Waals surface area (Å²) >= 11 is 6.81. The van der Waals surface area contributed by atoms with Crippen LogP contribution in [0.5, 0.6) is 0 Å². The number of amides is 1. The lowest BCUT2D eigenvalue weighted by molar-refractivity contribution is -0.121. The Morgan fingerprint density at radius 3 is 2.45 bits per heavy atom. The summed E-state index contributed by atoms with van der Waals surface area (Å²) in [6.45, 7) is 7.53. The van der Waals surface area contributed by atoms with Gasteiger partial charge >= 0.3 is 0 Å². The van der Waals surface area contributed by atoms with E-state index in [1.807, 2.05) is 58.0 Å². The fourth-order valence-corrected chi connectivity index (χ4v) is 3.54. The summed E-state index contributed by atoms with van der Waals surface area (Å²) in [7, 11) is 0. The van der Waals surface area contributed by atoms with E-state index < -0.39 is 5.41 Å². The van der Waals surface area contributed by atoms with E-state index in [2.05, 4.69) is 11.4 Å². The molecule has 0 saturated carbocycles. The molecule has 0 fully saturated rings. The predicted octanol–water partition coefficient (Wildman–Crippen LogP) is 3.93. The Hall–Kier alpha value is -1.38. The van der Waals surface area contributed by atoms with E-state index in [-0.39, 0.29) is 17.2 Å². The van der Waals surface area contributed by atoms with E-state index in [1.54, 1.807) is 0 Å². The van der Waals surface area contributed by atoms with Crippen LogP contribution >= 0.6 is 24.0 Å². The molecule has 3 nitrogen and oxygen atoms in total. The Bertz CT molecular complexity index is 562. The molecule has 0 bridgehead atoms. The summed E-state index contributed by atoms with van der Waals surface area (Å²) in [5.74, 6) is -0.0680. The van der Waals surface area contributed by atoms with Gasteiger partial charge < -0.3 is 5.32 Å². The second-order valence-corrected chi connectivity index (χ2v) is 8.00. The second kappa shape index (κ2) is 8.30. The molecule has 0 aliphatic rings. The Morgan fingerprint density at radius 1 is 1.36 bits per heavy atom. The molecule has 0 saturated heterocycles. The van der Waals surface area contributed by atoms with Crippen LogP contribution in [0.15, 0.2) is 30.3 Å². The molecule has 0 radical (unpaired) electrons. The first kappa shape index (κ1) is 18.7. The highest BCUT2D eigenvalue weighted by Crippen LogP contribution is 2.30. The average molecular weight is 335 g/mol. The highest BCUT2D eigenvalue weighted by molar-refractivity contribution is 8.24. The van der Waals surface area contributed by atoms with Crippen molar-refractivity contribution in [2.24, 2.45) is 5.41 Å². The number of carbonyl (C=O) groups excluding carboxylic acids is 1. The third-order valence-corrected chi connectivity index (χ3v) is 4.62. The molecule has 1 amide bonds. The lowest BCUT2D eigenvalue weighted by atomic mass is 9.89. The number of thiocarbonyl (C=S) groups is 1. The zero-order valence-electron chi connectivity index (χ0n) is 13.4. The number of nitrogens with zero attached hydrogens (tertiary/aromatic N) is 1. The number of hydrogen-bond donors (Lipinski definition) is 1. The highest BCUT2D eigenvalue weighted by Gasteiger charge is 2.30. The second-order valence-electron chi connectivity index (χ2n) is 6.12. The molecule has 0 aliphatic carbocycles. The molecular weight excluding hydrogens is 312 g/mol. The van der Waals surface area contributed by atoms with Crippen molar-refractivity contribution >= 4 is 34.1 Å². The Labute approximate surface area is 142 Å². The standard InChI is InChI=1S/C17H22N2OS2/c1-12(2)19-15(20)14(10-17(3,4)11-18)22-16(21)13-8-6-5-7-9-13/h5-9,12,14H,10H2,1-4H3,(H,19,20). The number of hydrogen-bond acceptors (Lipinski definition) is 4. The minimum atomic E-state index is -0.571. The summed E-state index contributed by atoms with van der Waals surface area (Å²) in [5.41, 5.74) is 0.359. The summed E-state index contributed by atoms with van der Waals surface area (Å²) in [6, 6.07) is 12.0. The fraction of sp³-hybridized carbons (Fsp3) is 0.471. The molecule has 0 spiro atoms. The van der Waals surface area contributed by atoms with E-state index in [1.165, 1.54) is 11.8 Å². The summed E-state index contributed by atoms with van der Waals surface area (Å²) in [6.07, 6.45) is 0.458. The van der Waals surface area contributed by atoms with Gasteiger partial charge in [-0.1, -0.05) is 42.5 Å². The Kier molecular flexibility index (Phi) is 7.05. The molecule has 1 N–H and O–H groups in total. The zero-order chi connectivity index (χ0) is 16.8. The largest absolute Gasteiger partial charge is 0.353 e. The zero-order valence-corrected chi connectivity index (χ0v) is 15.1. The molecule has 5 heteroatoms. The molecule has 118 valence electrons. The third-order valence-electron chi connectivity index (χ3n) is 2.98. The van der Waals surface area contributed by atoms with Gasteiger partial charge in [0.15, 0.2) is 0 Å². The van der Waals surface area contributed by atoms with Crippen molar-refractivity contribution in [3.8, 4) is 6.07 Å².